The number of rotatable bonds is 5. The molecule has 4 rings (SSSR count). The molecule has 2 aromatic carbocycles. The topological polar surface area (TPSA) is 93.5 Å². The van der Waals surface area contributed by atoms with E-state index in [0.29, 0.717) is 42.7 Å². The number of hydrogen-bond donors (Lipinski definition) is 1. The van der Waals surface area contributed by atoms with Crippen molar-refractivity contribution >= 4 is 23.5 Å². The van der Waals surface area contributed by atoms with Crippen LogP contribution in [0.15, 0.2) is 54.7 Å². The number of Topliss-reactive ketones (excluding diaryl/α,β-unsaturated/α-hetero) is 1. The second-order valence-electron chi connectivity index (χ2n) is 10.5. The van der Waals surface area contributed by atoms with Gasteiger partial charge in [-0.05, 0) is 71.7 Å². The average molecular weight is 503 g/mol. The van der Waals surface area contributed by atoms with Crippen molar-refractivity contribution in [3.63, 3.8) is 0 Å². The molecule has 2 heterocycles. The summed E-state index contributed by atoms with van der Waals surface area (Å²) in [6.45, 7) is 10.1. The van der Waals surface area contributed by atoms with Crippen LogP contribution in [0.25, 0.3) is 5.69 Å². The van der Waals surface area contributed by atoms with Crippen LogP contribution in [0.5, 0.6) is 0 Å². The lowest BCUT2D eigenvalue weighted by Crippen LogP contribution is -2.41. The number of nitrogens with zero attached hydrogens (tertiary/aromatic N) is 3. The Kier molecular flexibility index (Phi) is 7.47. The number of carbonyl (C=O) groups is 3. The van der Waals surface area contributed by atoms with Crippen LogP contribution in [-0.2, 0) is 4.74 Å². The number of ether oxygens (including phenoxy) is 1. The first-order chi connectivity index (χ1) is 17.5. The molecule has 1 N–H and O–H groups in total. The van der Waals surface area contributed by atoms with E-state index in [0.717, 1.165) is 16.9 Å². The second-order valence-corrected chi connectivity index (χ2v) is 10.5. The number of benzene rings is 2. The van der Waals surface area contributed by atoms with Gasteiger partial charge in [0.15, 0.2) is 5.78 Å². The maximum absolute atomic E-state index is 13.5. The van der Waals surface area contributed by atoms with Gasteiger partial charge in [-0.3, -0.25) is 9.59 Å². The summed E-state index contributed by atoms with van der Waals surface area (Å²) in [5.74, 6) is -0.337. The van der Waals surface area contributed by atoms with E-state index in [2.05, 4.69) is 10.4 Å². The molecular formula is C29H34N4O4. The highest BCUT2D eigenvalue weighted by Crippen LogP contribution is 2.33. The van der Waals surface area contributed by atoms with Gasteiger partial charge >= 0.3 is 6.09 Å². The molecular weight excluding hydrogens is 468 g/mol. The molecule has 0 spiro atoms. The van der Waals surface area contributed by atoms with Crippen LogP contribution >= 0.6 is 0 Å². The van der Waals surface area contributed by atoms with Crippen LogP contribution in [-0.4, -0.2) is 51.2 Å². The quantitative estimate of drug-likeness (QED) is 0.449. The number of nitrogens with one attached hydrogen (secondary N) is 1. The van der Waals surface area contributed by atoms with Gasteiger partial charge in [-0.15, -0.1) is 0 Å². The highest BCUT2D eigenvalue weighted by atomic mass is 16.6. The molecule has 1 aromatic heterocycles. The number of amides is 2. The molecule has 2 amide bonds. The maximum atomic E-state index is 13.5. The molecule has 1 aliphatic heterocycles. The van der Waals surface area contributed by atoms with Gasteiger partial charge in [-0.1, -0.05) is 29.8 Å². The van der Waals surface area contributed by atoms with E-state index < -0.39 is 5.60 Å². The van der Waals surface area contributed by atoms with E-state index in [1.165, 1.54) is 6.92 Å². The Morgan fingerprint density at radius 1 is 1.03 bits per heavy atom. The van der Waals surface area contributed by atoms with Crippen LogP contribution in [0.4, 0.5) is 10.5 Å². The number of aromatic nitrogens is 2. The Hall–Kier alpha value is -3.94. The van der Waals surface area contributed by atoms with Crippen molar-refractivity contribution in [3.8, 4) is 5.69 Å². The van der Waals surface area contributed by atoms with Gasteiger partial charge in [0.05, 0.1) is 23.1 Å². The predicted molar refractivity (Wildman–Crippen MR) is 142 cm³/mol. The summed E-state index contributed by atoms with van der Waals surface area (Å²) in [5, 5.41) is 7.53. The molecule has 3 aromatic rings. The zero-order chi connectivity index (χ0) is 26.7. The van der Waals surface area contributed by atoms with Gasteiger partial charge in [0.2, 0.25) is 0 Å². The van der Waals surface area contributed by atoms with Crippen molar-refractivity contribution in [2.24, 2.45) is 0 Å². The minimum Gasteiger partial charge on any atom is -0.444 e. The third-order valence-corrected chi connectivity index (χ3v) is 6.39. The van der Waals surface area contributed by atoms with Gasteiger partial charge in [0, 0.05) is 30.3 Å². The third-order valence-electron chi connectivity index (χ3n) is 6.39. The van der Waals surface area contributed by atoms with Crippen molar-refractivity contribution in [2.75, 3.05) is 18.4 Å². The number of likely N-dealkylation sites (tertiary alicyclic amines) is 1. The largest absolute Gasteiger partial charge is 0.444 e. The van der Waals surface area contributed by atoms with Crippen molar-refractivity contribution in [3.05, 3.63) is 77.1 Å². The summed E-state index contributed by atoms with van der Waals surface area (Å²) in [6, 6.07) is 14.9. The second kappa shape index (κ2) is 10.6. The van der Waals surface area contributed by atoms with Gasteiger partial charge in [0.25, 0.3) is 5.91 Å². The lowest BCUT2D eigenvalue weighted by atomic mass is 9.90. The minimum absolute atomic E-state index is 0.0202. The molecule has 0 saturated carbocycles. The van der Waals surface area contributed by atoms with Gasteiger partial charge < -0.3 is 15.0 Å². The predicted octanol–water partition coefficient (Wildman–Crippen LogP) is 5.75. The van der Waals surface area contributed by atoms with Crippen molar-refractivity contribution in [1.82, 2.24) is 14.7 Å². The summed E-state index contributed by atoms with van der Waals surface area (Å²) >= 11 is 0. The highest BCUT2D eigenvalue weighted by Gasteiger charge is 2.32. The normalized spacial score (nSPS) is 14.4. The Bertz CT molecular complexity index is 1300. The van der Waals surface area contributed by atoms with Gasteiger partial charge in [-0.25, -0.2) is 9.48 Å². The number of piperidine rings is 1. The molecule has 8 nitrogen and oxygen atoms in total. The lowest BCUT2D eigenvalue weighted by molar-refractivity contribution is 0.0203. The fraction of sp³-hybridized carbons (Fsp3) is 0.379. The number of hydrogen-bond acceptors (Lipinski definition) is 5. The third kappa shape index (κ3) is 6.25. The summed E-state index contributed by atoms with van der Waals surface area (Å²) in [6.07, 6.45) is 2.63. The number of ketones is 1. The summed E-state index contributed by atoms with van der Waals surface area (Å²) in [4.78, 5) is 39.5. The maximum Gasteiger partial charge on any atom is 0.410 e. The summed E-state index contributed by atoms with van der Waals surface area (Å²) < 4.78 is 7.37. The standard InChI is InChI=1S/C29H34N4O4/c1-19-9-11-24(12-10-19)33-26(21-13-15-32(16-14-21)28(36)37-29(3,4)5)25(18-30-33)27(35)31-23-8-6-7-22(17-23)20(2)34/h6-12,17-18,21H,13-16H2,1-5H3,(H,31,35). The molecule has 194 valence electrons. The Labute approximate surface area is 217 Å². The lowest BCUT2D eigenvalue weighted by Gasteiger charge is -2.34. The molecule has 0 unspecified atom stereocenters. The molecule has 37 heavy (non-hydrogen) atoms. The van der Waals surface area contributed by atoms with E-state index in [-0.39, 0.29) is 23.7 Å². The van der Waals surface area contributed by atoms with Crippen molar-refractivity contribution in [1.29, 1.82) is 0 Å². The van der Waals surface area contributed by atoms with Gasteiger partial charge in [0.1, 0.15) is 5.60 Å². The van der Waals surface area contributed by atoms with Gasteiger partial charge in [-0.2, -0.15) is 5.10 Å². The summed E-state index contributed by atoms with van der Waals surface area (Å²) in [7, 11) is 0. The van der Waals surface area contributed by atoms with Crippen LogP contribution in [0.1, 0.15) is 78.4 Å². The molecule has 8 heteroatoms. The molecule has 0 radical (unpaired) electrons. The number of carbonyl (C=O) groups excluding carboxylic acids is 3. The smallest absolute Gasteiger partial charge is 0.410 e. The van der Waals surface area contributed by atoms with Crippen molar-refractivity contribution in [2.45, 2.75) is 59.0 Å². The van der Waals surface area contributed by atoms with E-state index in [1.54, 1.807) is 35.4 Å². The highest BCUT2D eigenvalue weighted by molar-refractivity contribution is 6.06. The Morgan fingerprint density at radius 2 is 1.70 bits per heavy atom. The van der Waals surface area contributed by atoms with Crippen LogP contribution in [0.2, 0.25) is 0 Å². The van der Waals surface area contributed by atoms with E-state index >= 15 is 0 Å². The molecule has 1 saturated heterocycles. The van der Waals surface area contributed by atoms with E-state index in [9.17, 15) is 14.4 Å². The monoisotopic (exact) mass is 502 g/mol. The summed E-state index contributed by atoms with van der Waals surface area (Å²) in [5.41, 5.74) is 3.81. The number of aryl methyl sites for hydroxylation is 1. The average Bonchev–Trinajstić information content (AvgIpc) is 3.29. The molecule has 0 bridgehead atoms. The van der Waals surface area contributed by atoms with Crippen LogP contribution in [0.3, 0.4) is 0 Å². The first kappa shape index (κ1) is 26.1. The fourth-order valence-electron chi connectivity index (χ4n) is 4.49. The van der Waals surface area contributed by atoms with E-state index in [1.807, 2.05) is 56.6 Å². The van der Waals surface area contributed by atoms with Crippen LogP contribution < -0.4 is 5.32 Å². The Balaban J connectivity index is 1.62. The molecule has 0 aliphatic carbocycles. The molecule has 1 aliphatic rings. The molecule has 1 fully saturated rings. The first-order valence-electron chi connectivity index (χ1n) is 12.6. The fourth-order valence-corrected chi connectivity index (χ4v) is 4.49. The zero-order valence-electron chi connectivity index (χ0n) is 22.1. The Morgan fingerprint density at radius 3 is 2.32 bits per heavy atom. The number of anilines is 1. The minimum atomic E-state index is -0.553. The molecule has 0 atom stereocenters. The zero-order valence-corrected chi connectivity index (χ0v) is 22.1. The first-order valence-corrected chi connectivity index (χ1v) is 12.6. The SMILES string of the molecule is CC(=O)c1cccc(NC(=O)c2cnn(-c3ccc(C)cc3)c2C2CCN(C(=O)OC(C)(C)C)CC2)c1. The van der Waals surface area contributed by atoms with Crippen molar-refractivity contribution < 1.29 is 19.1 Å². The van der Waals surface area contributed by atoms with E-state index in [4.69, 9.17) is 4.74 Å². The van der Waals surface area contributed by atoms with Crippen LogP contribution in [0, 0.1) is 6.92 Å².